The largest absolute Gasteiger partial charge is 0.493 e. The lowest BCUT2D eigenvalue weighted by atomic mass is 9.93. The Labute approximate surface area is 147 Å². The summed E-state index contributed by atoms with van der Waals surface area (Å²) in [6, 6.07) is 8.26. The van der Waals surface area contributed by atoms with E-state index in [2.05, 4.69) is 21.6 Å². The van der Waals surface area contributed by atoms with Crippen LogP contribution in [0.3, 0.4) is 0 Å². The molecule has 6 heteroatoms. The van der Waals surface area contributed by atoms with Crippen molar-refractivity contribution >= 4 is 6.03 Å². The van der Waals surface area contributed by atoms with Crippen molar-refractivity contribution in [2.24, 2.45) is 0 Å². The first-order valence-electron chi connectivity index (χ1n) is 9.08. The van der Waals surface area contributed by atoms with Gasteiger partial charge in [-0.2, -0.15) is 5.10 Å². The standard InChI is InChI=1S/C19H24N4O2/c24-19(23-9-4-3-6-17(23)15-12-21-22-13-15)20-11-14-8-10-25-18-7-2-1-5-16(14)18/h1-2,5,7,12-14,17H,3-4,6,8-11H2,(H,20,24)(H,21,22). The number of urea groups is 1. The number of aromatic nitrogens is 2. The first-order chi connectivity index (χ1) is 12.3. The predicted molar refractivity (Wildman–Crippen MR) is 94.6 cm³/mol. The molecule has 6 nitrogen and oxygen atoms in total. The number of likely N-dealkylation sites (tertiary alicyclic amines) is 1. The van der Waals surface area contributed by atoms with E-state index < -0.39 is 0 Å². The number of carbonyl (C=O) groups is 1. The highest BCUT2D eigenvalue weighted by Crippen LogP contribution is 2.33. The molecule has 0 bridgehead atoms. The van der Waals surface area contributed by atoms with Gasteiger partial charge in [-0.15, -0.1) is 0 Å². The molecular weight excluding hydrogens is 316 g/mol. The van der Waals surface area contributed by atoms with Gasteiger partial charge in [0.05, 0.1) is 18.8 Å². The molecule has 1 aromatic carbocycles. The van der Waals surface area contributed by atoms with Crippen LogP contribution in [0.2, 0.25) is 0 Å². The van der Waals surface area contributed by atoms with Crippen molar-refractivity contribution < 1.29 is 9.53 Å². The number of amides is 2. The Morgan fingerprint density at radius 2 is 2.24 bits per heavy atom. The summed E-state index contributed by atoms with van der Waals surface area (Å²) in [4.78, 5) is 14.8. The van der Waals surface area contributed by atoms with E-state index in [1.807, 2.05) is 35.5 Å². The van der Waals surface area contributed by atoms with E-state index in [4.69, 9.17) is 4.74 Å². The summed E-state index contributed by atoms with van der Waals surface area (Å²) in [7, 11) is 0. The molecule has 25 heavy (non-hydrogen) atoms. The minimum atomic E-state index is 0.0230. The molecule has 2 aromatic rings. The summed E-state index contributed by atoms with van der Waals surface area (Å²) < 4.78 is 5.71. The van der Waals surface area contributed by atoms with E-state index in [0.29, 0.717) is 19.1 Å². The first-order valence-corrected chi connectivity index (χ1v) is 9.08. The summed E-state index contributed by atoms with van der Waals surface area (Å²) in [5, 5.41) is 10.1. The highest BCUT2D eigenvalue weighted by Gasteiger charge is 2.29. The molecule has 0 spiro atoms. The molecular formula is C19H24N4O2. The van der Waals surface area contributed by atoms with Crippen LogP contribution in [0.4, 0.5) is 4.79 Å². The average Bonchev–Trinajstić information content (AvgIpc) is 3.21. The van der Waals surface area contributed by atoms with Crippen molar-refractivity contribution in [3.63, 3.8) is 0 Å². The highest BCUT2D eigenvalue weighted by atomic mass is 16.5. The molecule has 1 fully saturated rings. The number of aromatic amines is 1. The molecule has 2 unspecified atom stereocenters. The summed E-state index contributed by atoms with van der Waals surface area (Å²) in [6.45, 7) is 2.15. The Hall–Kier alpha value is -2.50. The SMILES string of the molecule is O=C(NCC1CCOc2ccccc21)N1CCCCC1c1cn[nH]c1. The Morgan fingerprint density at radius 3 is 3.12 bits per heavy atom. The van der Waals surface area contributed by atoms with Gasteiger partial charge >= 0.3 is 6.03 Å². The second-order valence-electron chi connectivity index (χ2n) is 6.79. The number of nitrogens with one attached hydrogen (secondary N) is 2. The van der Waals surface area contributed by atoms with Crippen molar-refractivity contribution in [2.75, 3.05) is 19.7 Å². The average molecular weight is 340 g/mol. The van der Waals surface area contributed by atoms with Crippen LogP contribution in [0, 0.1) is 0 Å². The van der Waals surface area contributed by atoms with E-state index >= 15 is 0 Å². The van der Waals surface area contributed by atoms with Crippen molar-refractivity contribution in [1.82, 2.24) is 20.4 Å². The number of nitrogens with zero attached hydrogens (tertiary/aromatic N) is 2. The Kier molecular flexibility index (Phi) is 4.59. The van der Waals surface area contributed by atoms with Crippen molar-refractivity contribution in [3.05, 3.63) is 47.8 Å². The fourth-order valence-electron chi connectivity index (χ4n) is 3.90. The zero-order valence-electron chi connectivity index (χ0n) is 14.3. The van der Waals surface area contributed by atoms with E-state index in [1.165, 1.54) is 5.56 Å². The third-order valence-corrected chi connectivity index (χ3v) is 5.25. The Morgan fingerprint density at radius 1 is 1.32 bits per heavy atom. The van der Waals surface area contributed by atoms with Crippen LogP contribution >= 0.6 is 0 Å². The van der Waals surface area contributed by atoms with Gasteiger partial charge in [0, 0.05) is 30.8 Å². The molecule has 2 atom stereocenters. The fourth-order valence-corrected chi connectivity index (χ4v) is 3.90. The Balaban J connectivity index is 1.42. The summed E-state index contributed by atoms with van der Waals surface area (Å²) >= 11 is 0. The third kappa shape index (κ3) is 3.34. The third-order valence-electron chi connectivity index (χ3n) is 5.25. The quantitative estimate of drug-likeness (QED) is 0.901. The maximum absolute atomic E-state index is 12.8. The van der Waals surface area contributed by atoms with Gasteiger partial charge in [0.25, 0.3) is 0 Å². The molecule has 1 aromatic heterocycles. The van der Waals surface area contributed by atoms with Gasteiger partial charge in [0.15, 0.2) is 0 Å². The molecule has 0 aliphatic carbocycles. The van der Waals surface area contributed by atoms with Crippen LogP contribution in [0.1, 0.15) is 48.8 Å². The molecule has 0 saturated carbocycles. The van der Waals surface area contributed by atoms with Crippen LogP contribution < -0.4 is 10.1 Å². The number of ether oxygens (including phenoxy) is 1. The van der Waals surface area contributed by atoms with Gasteiger partial charge in [-0.05, 0) is 37.3 Å². The van der Waals surface area contributed by atoms with E-state index in [-0.39, 0.29) is 12.1 Å². The number of fused-ring (bicyclic) bond motifs is 1. The Bertz CT molecular complexity index is 716. The minimum Gasteiger partial charge on any atom is -0.493 e. The molecule has 2 aliphatic heterocycles. The van der Waals surface area contributed by atoms with Gasteiger partial charge in [-0.25, -0.2) is 4.79 Å². The molecule has 4 rings (SSSR count). The summed E-state index contributed by atoms with van der Waals surface area (Å²) in [5.74, 6) is 1.26. The highest BCUT2D eigenvalue weighted by molar-refractivity contribution is 5.75. The number of rotatable bonds is 3. The molecule has 0 radical (unpaired) electrons. The van der Waals surface area contributed by atoms with Crippen molar-refractivity contribution in [2.45, 2.75) is 37.6 Å². The smallest absolute Gasteiger partial charge is 0.317 e. The lowest BCUT2D eigenvalue weighted by Gasteiger charge is -2.36. The number of piperidine rings is 1. The topological polar surface area (TPSA) is 70.2 Å². The molecule has 2 amide bonds. The van der Waals surface area contributed by atoms with E-state index in [9.17, 15) is 4.79 Å². The lowest BCUT2D eigenvalue weighted by molar-refractivity contribution is 0.150. The molecule has 132 valence electrons. The maximum Gasteiger partial charge on any atom is 0.317 e. The molecule has 1 saturated heterocycles. The fraction of sp³-hybridized carbons (Fsp3) is 0.474. The number of H-pyrrole nitrogens is 1. The monoisotopic (exact) mass is 340 g/mol. The molecule has 2 N–H and O–H groups in total. The van der Waals surface area contributed by atoms with E-state index in [0.717, 1.165) is 43.5 Å². The number of para-hydroxylation sites is 1. The zero-order chi connectivity index (χ0) is 17.1. The van der Waals surface area contributed by atoms with Crippen LogP contribution in [0.15, 0.2) is 36.7 Å². The number of hydrogen-bond acceptors (Lipinski definition) is 3. The van der Waals surface area contributed by atoms with Crippen molar-refractivity contribution in [1.29, 1.82) is 0 Å². The molecule has 3 heterocycles. The maximum atomic E-state index is 12.8. The lowest BCUT2D eigenvalue weighted by Crippen LogP contribution is -2.45. The zero-order valence-corrected chi connectivity index (χ0v) is 14.3. The van der Waals surface area contributed by atoms with Crippen LogP contribution in [-0.4, -0.2) is 40.8 Å². The minimum absolute atomic E-state index is 0.0230. The van der Waals surface area contributed by atoms with Crippen LogP contribution in [0.25, 0.3) is 0 Å². The van der Waals surface area contributed by atoms with Gasteiger partial charge in [0.2, 0.25) is 0 Å². The summed E-state index contributed by atoms with van der Waals surface area (Å²) in [5.41, 5.74) is 2.28. The second kappa shape index (κ2) is 7.17. The van der Waals surface area contributed by atoms with Gasteiger partial charge in [0.1, 0.15) is 5.75 Å². The second-order valence-corrected chi connectivity index (χ2v) is 6.79. The predicted octanol–water partition coefficient (Wildman–Crippen LogP) is 3.21. The first kappa shape index (κ1) is 16.0. The number of carbonyl (C=O) groups excluding carboxylic acids is 1. The van der Waals surface area contributed by atoms with E-state index in [1.54, 1.807) is 0 Å². The number of hydrogen-bond donors (Lipinski definition) is 2. The number of benzene rings is 1. The van der Waals surface area contributed by atoms with Crippen LogP contribution in [-0.2, 0) is 0 Å². The van der Waals surface area contributed by atoms with Crippen molar-refractivity contribution in [3.8, 4) is 5.75 Å². The van der Waals surface area contributed by atoms with Gasteiger partial charge in [-0.3, -0.25) is 5.10 Å². The van der Waals surface area contributed by atoms with Gasteiger partial charge < -0.3 is 15.0 Å². The summed E-state index contributed by atoms with van der Waals surface area (Å²) in [6.07, 6.45) is 7.85. The normalized spacial score (nSPS) is 22.8. The van der Waals surface area contributed by atoms with Gasteiger partial charge in [-0.1, -0.05) is 18.2 Å². The molecule has 2 aliphatic rings. The van der Waals surface area contributed by atoms with Crippen LogP contribution in [0.5, 0.6) is 5.75 Å².